The van der Waals surface area contributed by atoms with Gasteiger partial charge < -0.3 is 78.4 Å². The van der Waals surface area contributed by atoms with Gasteiger partial charge in [0.25, 0.3) is 0 Å². The third kappa shape index (κ3) is 14.9. The molecule has 1 saturated heterocycles. The van der Waals surface area contributed by atoms with E-state index in [9.17, 15) is 0 Å². The van der Waals surface area contributed by atoms with Crippen molar-refractivity contribution < 1.29 is 78.4 Å². The lowest BCUT2D eigenvalue weighted by molar-refractivity contribution is -0.00695. The van der Waals surface area contributed by atoms with Crippen molar-refractivity contribution in [1.82, 2.24) is 0 Å². The van der Waals surface area contributed by atoms with E-state index in [0.717, 1.165) is 0 Å². The molecule has 0 radical (unpaired) electrons. The van der Waals surface area contributed by atoms with Crippen molar-refractivity contribution in [2.24, 2.45) is 0 Å². The molecule has 268 valence electrons. The summed E-state index contributed by atoms with van der Waals surface area (Å²) in [5, 5.41) is 0. The van der Waals surface area contributed by atoms with Crippen molar-refractivity contribution in [3.05, 3.63) is 0 Å². The van der Waals surface area contributed by atoms with Crippen molar-refractivity contribution in [2.45, 2.75) is 32.7 Å². The topological polar surface area (TPSA) is 166 Å². The second-order valence-electron chi connectivity index (χ2n) is 9.11. The Balaban J connectivity index is 0. The van der Waals surface area contributed by atoms with Gasteiger partial charge >= 0.3 is 61.9 Å². The fourth-order valence-corrected chi connectivity index (χ4v) is 20.0. The lowest BCUT2D eigenvalue weighted by Crippen LogP contribution is -2.66. The molecule has 1 aliphatic heterocycles. The first kappa shape index (κ1) is 46.9. The van der Waals surface area contributed by atoms with Gasteiger partial charge in [-0.05, 0) is 19.6 Å². The van der Waals surface area contributed by atoms with Crippen LogP contribution in [0.2, 0.25) is 32.7 Å². The lowest BCUT2D eigenvalue weighted by Gasteiger charge is -2.38. The van der Waals surface area contributed by atoms with Gasteiger partial charge in [-0.25, -0.2) is 0 Å². The second-order valence-corrected chi connectivity index (χ2v) is 29.8. The Morgan fingerprint density at radius 2 is 0.886 bits per heavy atom. The van der Waals surface area contributed by atoms with E-state index in [-0.39, 0.29) is 6.23 Å². The van der Waals surface area contributed by atoms with Crippen LogP contribution in [-0.4, -0.2) is 161 Å². The Labute approximate surface area is 271 Å². The van der Waals surface area contributed by atoms with Crippen LogP contribution in [0.4, 0.5) is 0 Å². The maximum absolute atomic E-state index is 6.07. The summed E-state index contributed by atoms with van der Waals surface area (Å²) in [6.45, 7) is 9.17. The second kappa shape index (κ2) is 21.0. The van der Waals surface area contributed by atoms with Crippen LogP contribution in [0.15, 0.2) is 0 Å². The van der Waals surface area contributed by atoms with Gasteiger partial charge in [0.05, 0.1) is 6.23 Å². The van der Waals surface area contributed by atoms with E-state index in [1.54, 1.807) is 34.4 Å². The van der Waals surface area contributed by atoms with Crippen LogP contribution in [-0.2, 0) is 78.4 Å². The van der Waals surface area contributed by atoms with E-state index in [0.29, 0.717) is 0 Å². The summed E-state index contributed by atoms with van der Waals surface area (Å²) in [6.07, 6.45) is 0.231. The molecule has 3 unspecified atom stereocenters. The molecular formula is C19H56O18Si7. The molecule has 0 spiro atoms. The quantitative estimate of drug-likeness (QED) is 0.172. The van der Waals surface area contributed by atoms with Gasteiger partial charge in [-0.2, -0.15) is 0 Å². The first-order chi connectivity index (χ1) is 20.3. The first-order valence-corrected chi connectivity index (χ1v) is 27.6. The monoisotopic (exact) mass is 768 g/mol. The maximum Gasteiger partial charge on any atom is 0.678 e. The molecule has 0 amide bonds. The highest BCUT2D eigenvalue weighted by molar-refractivity contribution is 6.84. The number of hydrogen-bond acceptors (Lipinski definition) is 18. The molecule has 0 saturated carbocycles. The Hall–Kier alpha value is 0.798. The Morgan fingerprint density at radius 1 is 0.477 bits per heavy atom. The highest BCUT2D eigenvalue weighted by Gasteiger charge is 2.68. The average molecular weight is 769 g/mol. The predicted molar refractivity (Wildman–Crippen MR) is 171 cm³/mol. The van der Waals surface area contributed by atoms with Crippen molar-refractivity contribution in [1.29, 1.82) is 0 Å². The van der Waals surface area contributed by atoms with E-state index in [1.807, 2.05) is 19.6 Å². The van der Waals surface area contributed by atoms with Gasteiger partial charge in [-0.3, -0.25) is 0 Å². The van der Waals surface area contributed by atoms with Gasteiger partial charge in [0, 0.05) is 106 Å². The van der Waals surface area contributed by atoms with Crippen molar-refractivity contribution >= 4 is 61.9 Å². The minimum atomic E-state index is -3.88. The molecule has 0 N–H and O–H groups in total. The molecule has 1 fully saturated rings. The standard InChI is InChI=1S/C11H32O12Si5.C4H12O4Si.C4H12O2Si/c1-12-24(8)11-19-28(18-7,20-24)23-27(16-5,17-6)22-26(10,15-4)21-25(9,13-2)14-3;1-5-9(6-2,7-3)8-4;1-5-7(3,4)6-2/h11H2,1-10H3;1-4H3;1-4H3. The zero-order valence-corrected chi connectivity index (χ0v) is 36.6. The fourth-order valence-electron chi connectivity index (χ4n) is 2.68. The van der Waals surface area contributed by atoms with E-state index in [4.69, 9.17) is 78.4 Å². The highest BCUT2D eigenvalue weighted by Crippen LogP contribution is 2.32. The molecule has 0 aromatic heterocycles. The molecule has 0 aliphatic carbocycles. The van der Waals surface area contributed by atoms with Crippen LogP contribution in [0, 0.1) is 0 Å². The molecule has 44 heavy (non-hydrogen) atoms. The van der Waals surface area contributed by atoms with Crippen molar-refractivity contribution in [2.75, 3.05) is 98.7 Å². The predicted octanol–water partition coefficient (Wildman–Crippen LogP) is 1.22. The molecule has 3 atom stereocenters. The minimum Gasteiger partial charge on any atom is -0.398 e. The van der Waals surface area contributed by atoms with Gasteiger partial charge in [0.15, 0.2) is 0 Å². The van der Waals surface area contributed by atoms with Crippen LogP contribution in [0.3, 0.4) is 0 Å². The maximum atomic E-state index is 6.07. The molecule has 1 rings (SSSR count). The first-order valence-electron chi connectivity index (χ1n) is 12.9. The van der Waals surface area contributed by atoms with Crippen LogP contribution >= 0.6 is 0 Å². The molecule has 1 heterocycles. The molecule has 1 aliphatic rings. The Bertz CT molecular complexity index is 743. The van der Waals surface area contributed by atoms with E-state index in [2.05, 4.69) is 0 Å². The van der Waals surface area contributed by atoms with E-state index >= 15 is 0 Å². The third-order valence-electron chi connectivity index (χ3n) is 6.06. The summed E-state index contributed by atoms with van der Waals surface area (Å²) in [6, 6.07) is 0. The molecule has 25 heteroatoms. The van der Waals surface area contributed by atoms with Crippen molar-refractivity contribution in [3.63, 3.8) is 0 Å². The summed E-state index contributed by atoms with van der Waals surface area (Å²) in [5.74, 6) is 0. The molecule has 0 aromatic rings. The minimum absolute atomic E-state index is 0.231. The summed E-state index contributed by atoms with van der Waals surface area (Å²) >= 11 is 0. The molecular weight excluding hydrogens is 713 g/mol. The van der Waals surface area contributed by atoms with Crippen molar-refractivity contribution in [3.8, 4) is 0 Å². The summed E-state index contributed by atoms with van der Waals surface area (Å²) in [4.78, 5) is 0. The van der Waals surface area contributed by atoms with E-state index in [1.165, 1.54) is 71.1 Å². The SMILES string of the molecule is CO[Si](C)(C)OC.CO[Si](OC)(OC)OC.CO[Si]1(C)CO[Si](OC)(O[Si](OC)(OC)O[Si](C)(OC)O[Si](C)(OC)OC)O1. The Kier molecular flexibility index (Phi) is 22.4. The molecule has 0 bridgehead atoms. The molecule has 18 nitrogen and oxygen atoms in total. The largest absolute Gasteiger partial charge is 0.678 e. The van der Waals surface area contributed by atoms with Gasteiger partial charge in [0.1, 0.15) is 0 Å². The zero-order valence-electron chi connectivity index (χ0n) is 29.6. The van der Waals surface area contributed by atoms with Crippen LogP contribution in [0.25, 0.3) is 0 Å². The normalized spacial score (nSPS) is 22.5. The summed E-state index contributed by atoms with van der Waals surface area (Å²) in [7, 11) is -1.45. The van der Waals surface area contributed by atoms with Crippen LogP contribution in [0.1, 0.15) is 0 Å². The van der Waals surface area contributed by atoms with Gasteiger partial charge in [-0.1, -0.05) is 0 Å². The van der Waals surface area contributed by atoms with Crippen LogP contribution < -0.4 is 0 Å². The van der Waals surface area contributed by atoms with E-state index < -0.39 is 61.9 Å². The summed E-state index contributed by atoms with van der Waals surface area (Å²) in [5.41, 5.74) is 0. The third-order valence-corrected chi connectivity index (χ3v) is 26.2. The van der Waals surface area contributed by atoms with Crippen LogP contribution in [0.5, 0.6) is 0 Å². The van der Waals surface area contributed by atoms with Gasteiger partial charge in [-0.15, -0.1) is 0 Å². The zero-order chi connectivity index (χ0) is 34.9. The highest BCUT2D eigenvalue weighted by atomic mass is 28.5. The van der Waals surface area contributed by atoms with Gasteiger partial charge in [0.2, 0.25) is 0 Å². The average Bonchev–Trinajstić information content (AvgIpc) is 3.39. The smallest absolute Gasteiger partial charge is 0.398 e. The Morgan fingerprint density at radius 3 is 1.11 bits per heavy atom. The fraction of sp³-hybridized carbons (Fsp3) is 1.00. The number of rotatable bonds is 19. The lowest BCUT2D eigenvalue weighted by atomic mass is 11.7. The summed E-state index contributed by atoms with van der Waals surface area (Å²) < 4.78 is 97.4. The molecule has 0 aromatic carbocycles. The number of hydrogen-bond donors (Lipinski definition) is 0.